The van der Waals surface area contributed by atoms with Crippen molar-refractivity contribution in [2.24, 2.45) is 5.92 Å². The van der Waals surface area contributed by atoms with Crippen LogP contribution in [0.15, 0.2) is 0 Å². The van der Waals surface area contributed by atoms with Crippen LogP contribution in [0.1, 0.15) is 26.2 Å². The van der Waals surface area contributed by atoms with Gasteiger partial charge in [-0.3, -0.25) is 4.79 Å². The second kappa shape index (κ2) is 2.06. The molecule has 1 saturated heterocycles. The van der Waals surface area contributed by atoms with E-state index in [1.165, 1.54) is 6.42 Å². The molecule has 2 heteroatoms. The van der Waals surface area contributed by atoms with Gasteiger partial charge in [0.05, 0.1) is 6.04 Å². The number of ketones is 1. The first-order valence-corrected chi connectivity index (χ1v) is 4.10. The molecule has 0 amide bonds. The van der Waals surface area contributed by atoms with Crippen molar-refractivity contribution in [1.29, 1.82) is 0 Å². The highest BCUT2D eigenvalue weighted by atomic mass is 16.1. The fourth-order valence-corrected chi connectivity index (χ4v) is 1.81. The zero-order chi connectivity index (χ0) is 7.14. The smallest absolute Gasteiger partial charge is 0.149 e. The van der Waals surface area contributed by atoms with Gasteiger partial charge in [0.15, 0.2) is 0 Å². The van der Waals surface area contributed by atoms with Crippen molar-refractivity contribution >= 4 is 5.78 Å². The number of nitrogens with one attached hydrogen (secondary N) is 1. The molecule has 56 valence electrons. The van der Waals surface area contributed by atoms with Crippen molar-refractivity contribution in [2.75, 3.05) is 0 Å². The van der Waals surface area contributed by atoms with Gasteiger partial charge in [-0.1, -0.05) is 6.92 Å². The second-order valence-corrected chi connectivity index (χ2v) is 3.38. The van der Waals surface area contributed by atoms with Gasteiger partial charge in [-0.2, -0.15) is 0 Å². The summed E-state index contributed by atoms with van der Waals surface area (Å²) in [7, 11) is 0. The summed E-state index contributed by atoms with van der Waals surface area (Å²) in [6.07, 6.45) is 3.11. The van der Waals surface area contributed by atoms with Crippen LogP contribution in [0.5, 0.6) is 0 Å². The summed E-state index contributed by atoms with van der Waals surface area (Å²) in [5.74, 6) is 1.24. The average Bonchev–Trinajstić information content (AvgIpc) is 2.57. The molecule has 2 nitrogen and oxygen atoms in total. The predicted octanol–water partition coefficient (Wildman–Crippen LogP) is 0.716. The molecule has 2 fully saturated rings. The maximum atomic E-state index is 11.1. The number of hydrogen-bond acceptors (Lipinski definition) is 2. The van der Waals surface area contributed by atoms with Gasteiger partial charge in [0.1, 0.15) is 5.78 Å². The van der Waals surface area contributed by atoms with Gasteiger partial charge in [-0.25, -0.2) is 0 Å². The molecule has 2 aliphatic rings. The van der Waals surface area contributed by atoms with E-state index in [2.05, 4.69) is 5.32 Å². The first-order valence-electron chi connectivity index (χ1n) is 4.10. The SMILES string of the molecule is CCC(=O)C1CC2CC2N1. The molecule has 1 N–H and O–H groups in total. The van der Waals surface area contributed by atoms with E-state index < -0.39 is 0 Å². The summed E-state index contributed by atoms with van der Waals surface area (Å²) in [6.45, 7) is 1.94. The van der Waals surface area contributed by atoms with Gasteiger partial charge in [-0.05, 0) is 18.8 Å². The minimum absolute atomic E-state index is 0.216. The van der Waals surface area contributed by atoms with E-state index in [1.54, 1.807) is 0 Å². The predicted molar refractivity (Wildman–Crippen MR) is 38.7 cm³/mol. The third kappa shape index (κ3) is 0.870. The normalized spacial score (nSPS) is 43.1. The topological polar surface area (TPSA) is 29.1 Å². The molecule has 2 rings (SSSR count). The van der Waals surface area contributed by atoms with Crippen LogP contribution in [-0.4, -0.2) is 17.9 Å². The molecule has 1 aliphatic heterocycles. The minimum atomic E-state index is 0.216. The van der Waals surface area contributed by atoms with Gasteiger partial charge < -0.3 is 5.32 Å². The molecule has 0 aromatic carbocycles. The number of carbonyl (C=O) groups is 1. The minimum Gasteiger partial charge on any atom is -0.304 e. The van der Waals surface area contributed by atoms with Gasteiger partial charge in [0, 0.05) is 12.5 Å². The maximum absolute atomic E-state index is 11.1. The Balaban J connectivity index is 1.90. The van der Waals surface area contributed by atoms with Crippen molar-refractivity contribution < 1.29 is 4.79 Å². The summed E-state index contributed by atoms with van der Waals surface area (Å²) in [4.78, 5) is 11.1. The van der Waals surface area contributed by atoms with Crippen molar-refractivity contribution in [3.05, 3.63) is 0 Å². The molecule has 0 aromatic rings. The largest absolute Gasteiger partial charge is 0.304 e. The van der Waals surface area contributed by atoms with E-state index in [1.807, 2.05) is 6.92 Å². The Morgan fingerprint density at radius 1 is 1.60 bits per heavy atom. The molecular formula is C8H13NO. The zero-order valence-corrected chi connectivity index (χ0v) is 6.26. The highest BCUT2D eigenvalue weighted by molar-refractivity contribution is 5.84. The number of rotatable bonds is 2. The number of fused-ring (bicyclic) bond motifs is 1. The third-order valence-electron chi connectivity index (χ3n) is 2.61. The van der Waals surface area contributed by atoms with Crippen LogP contribution in [0.4, 0.5) is 0 Å². The Morgan fingerprint density at radius 2 is 2.40 bits per heavy atom. The van der Waals surface area contributed by atoms with Crippen LogP contribution >= 0.6 is 0 Å². The van der Waals surface area contributed by atoms with Crippen LogP contribution < -0.4 is 5.32 Å². The van der Waals surface area contributed by atoms with E-state index in [4.69, 9.17) is 0 Å². The van der Waals surface area contributed by atoms with Crippen molar-refractivity contribution in [3.63, 3.8) is 0 Å². The van der Waals surface area contributed by atoms with Crippen molar-refractivity contribution in [2.45, 2.75) is 38.3 Å². The summed E-state index contributed by atoms with van der Waals surface area (Å²) in [5, 5.41) is 3.33. The standard InChI is InChI=1S/C8H13NO/c1-2-8(10)7-4-5-3-6(5)9-7/h5-7,9H,2-4H2,1H3. The molecule has 0 radical (unpaired) electrons. The van der Waals surface area contributed by atoms with E-state index in [-0.39, 0.29) is 6.04 Å². The Bertz CT molecular complexity index is 157. The Morgan fingerprint density at radius 3 is 2.90 bits per heavy atom. The Kier molecular flexibility index (Phi) is 1.31. The first-order chi connectivity index (χ1) is 4.81. The van der Waals surface area contributed by atoms with Crippen molar-refractivity contribution in [1.82, 2.24) is 5.32 Å². The lowest BCUT2D eigenvalue weighted by Crippen LogP contribution is -2.33. The Labute approximate surface area is 61.0 Å². The lowest BCUT2D eigenvalue weighted by molar-refractivity contribution is -0.120. The average molecular weight is 139 g/mol. The van der Waals surface area contributed by atoms with Crippen LogP contribution in [0.2, 0.25) is 0 Å². The quantitative estimate of drug-likeness (QED) is 0.610. The fourth-order valence-electron chi connectivity index (χ4n) is 1.81. The highest BCUT2D eigenvalue weighted by Crippen LogP contribution is 2.40. The summed E-state index contributed by atoms with van der Waals surface area (Å²) in [6, 6.07) is 0.925. The zero-order valence-electron chi connectivity index (χ0n) is 6.26. The molecular weight excluding hydrogens is 126 g/mol. The van der Waals surface area contributed by atoms with Gasteiger partial charge in [0.2, 0.25) is 0 Å². The molecule has 1 heterocycles. The van der Waals surface area contributed by atoms with E-state index in [0.29, 0.717) is 18.2 Å². The van der Waals surface area contributed by atoms with Crippen LogP contribution in [-0.2, 0) is 4.79 Å². The molecule has 0 spiro atoms. The first kappa shape index (κ1) is 6.35. The number of hydrogen-bond donors (Lipinski definition) is 1. The summed E-state index contributed by atoms with van der Waals surface area (Å²) in [5.41, 5.74) is 0. The third-order valence-corrected chi connectivity index (χ3v) is 2.61. The fraction of sp³-hybridized carbons (Fsp3) is 0.875. The van der Waals surface area contributed by atoms with Crippen LogP contribution in [0.25, 0.3) is 0 Å². The van der Waals surface area contributed by atoms with Gasteiger partial charge in [0.25, 0.3) is 0 Å². The molecule has 1 saturated carbocycles. The molecule has 1 aliphatic carbocycles. The van der Waals surface area contributed by atoms with E-state index in [9.17, 15) is 4.79 Å². The lowest BCUT2D eigenvalue weighted by Gasteiger charge is -2.08. The van der Waals surface area contributed by atoms with Gasteiger partial charge in [-0.15, -0.1) is 0 Å². The molecule has 3 atom stereocenters. The molecule has 10 heavy (non-hydrogen) atoms. The number of Topliss-reactive ketones (excluding diaryl/α,β-unsaturated/α-hetero) is 1. The second-order valence-electron chi connectivity index (χ2n) is 3.38. The van der Waals surface area contributed by atoms with Gasteiger partial charge >= 0.3 is 0 Å². The van der Waals surface area contributed by atoms with E-state index in [0.717, 1.165) is 12.3 Å². The number of carbonyl (C=O) groups excluding carboxylic acids is 1. The summed E-state index contributed by atoms with van der Waals surface area (Å²) >= 11 is 0. The summed E-state index contributed by atoms with van der Waals surface area (Å²) < 4.78 is 0. The van der Waals surface area contributed by atoms with Crippen molar-refractivity contribution in [3.8, 4) is 0 Å². The number of piperidine rings is 1. The highest BCUT2D eigenvalue weighted by Gasteiger charge is 2.47. The maximum Gasteiger partial charge on any atom is 0.149 e. The van der Waals surface area contributed by atoms with Crippen LogP contribution in [0.3, 0.4) is 0 Å². The Hall–Kier alpha value is -0.370. The van der Waals surface area contributed by atoms with Crippen LogP contribution in [0, 0.1) is 5.92 Å². The molecule has 0 aromatic heterocycles. The van der Waals surface area contributed by atoms with E-state index >= 15 is 0 Å². The molecule has 3 unspecified atom stereocenters. The molecule has 0 bridgehead atoms. The monoisotopic (exact) mass is 139 g/mol. The lowest BCUT2D eigenvalue weighted by atomic mass is 10.1.